The predicted octanol–water partition coefficient (Wildman–Crippen LogP) is 1.12. The number of nitrogens with one attached hydrogen (secondary N) is 2. The zero-order valence-electron chi connectivity index (χ0n) is 16.8. The molecule has 0 saturated carbocycles. The van der Waals surface area contributed by atoms with Crippen LogP contribution in [0.2, 0.25) is 0 Å². The van der Waals surface area contributed by atoms with Crippen LogP contribution in [0.1, 0.15) is 59.8 Å². The van der Waals surface area contributed by atoms with Crippen molar-refractivity contribution in [1.82, 2.24) is 10.6 Å². The van der Waals surface area contributed by atoms with Gasteiger partial charge in [0.05, 0.1) is 6.42 Å². The summed E-state index contributed by atoms with van der Waals surface area (Å²) in [7, 11) is 0. The molecule has 27 heavy (non-hydrogen) atoms. The van der Waals surface area contributed by atoms with Gasteiger partial charge in [0.2, 0.25) is 11.8 Å². The molecule has 0 aliphatic rings. The van der Waals surface area contributed by atoms with Crippen molar-refractivity contribution in [2.24, 2.45) is 5.73 Å². The highest BCUT2D eigenvalue weighted by atomic mass is 32.2. The summed E-state index contributed by atoms with van der Waals surface area (Å²) in [5.74, 6) is -0.583. The van der Waals surface area contributed by atoms with Crippen molar-refractivity contribution in [1.29, 1.82) is 0 Å². The van der Waals surface area contributed by atoms with Crippen molar-refractivity contribution in [3.05, 3.63) is 0 Å². The normalized spacial score (nSPS) is 12.2. The van der Waals surface area contributed by atoms with E-state index in [0.717, 1.165) is 18.6 Å². The van der Waals surface area contributed by atoms with Crippen molar-refractivity contribution in [3.63, 3.8) is 0 Å². The molecule has 4 N–H and O–H groups in total. The molecule has 0 aliphatic heterocycles. The first kappa shape index (κ1) is 25.4. The van der Waals surface area contributed by atoms with Gasteiger partial charge < -0.3 is 21.1 Å². The van der Waals surface area contributed by atoms with Gasteiger partial charge in [-0.1, -0.05) is 18.2 Å². The van der Waals surface area contributed by atoms with Crippen LogP contribution in [0, 0.1) is 0 Å². The molecular formula is C18H33N3O5S. The highest BCUT2D eigenvalue weighted by molar-refractivity contribution is 8.13. The van der Waals surface area contributed by atoms with Crippen LogP contribution < -0.4 is 16.4 Å². The molecule has 156 valence electrons. The van der Waals surface area contributed by atoms with E-state index in [2.05, 4.69) is 10.6 Å². The third kappa shape index (κ3) is 15.2. The lowest BCUT2D eigenvalue weighted by Crippen LogP contribution is -2.49. The summed E-state index contributed by atoms with van der Waals surface area (Å²) < 4.78 is 5.22. The topological polar surface area (TPSA) is 128 Å². The van der Waals surface area contributed by atoms with Crippen molar-refractivity contribution >= 4 is 34.7 Å². The Morgan fingerprint density at radius 1 is 1.11 bits per heavy atom. The minimum atomic E-state index is -0.993. The van der Waals surface area contributed by atoms with Gasteiger partial charge in [0.1, 0.15) is 11.6 Å². The number of ether oxygens (including phenoxy) is 1. The van der Waals surface area contributed by atoms with Gasteiger partial charge in [-0.05, 0) is 33.6 Å². The summed E-state index contributed by atoms with van der Waals surface area (Å²) in [6.07, 6.45) is 2.31. The van der Waals surface area contributed by atoms with Gasteiger partial charge in [0.25, 0.3) is 0 Å². The standard InChI is InChI=1S/C18H33N3O5S/c1-13(22)27-11-7-5-6-8-15(23)21-14(17(25)20-10-9-19)12-16(24)26-18(2,3)4/h14H,5-12,19H2,1-4H3,(H,20,25)(H,21,23)/t14-/m0/s1. The maximum atomic E-state index is 12.2. The SMILES string of the molecule is CC(=O)SCCCCCC(=O)N[C@@H](CC(=O)OC(C)(C)C)C(=O)NCCN. The van der Waals surface area contributed by atoms with Gasteiger partial charge in [-0.25, -0.2) is 0 Å². The van der Waals surface area contributed by atoms with E-state index in [0.29, 0.717) is 6.42 Å². The van der Waals surface area contributed by atoms with Crippen LogP contribution in [0.4, 0.5) is 0 Å². The van der Waals surface area contributed by atoms with Crippen LogP contribution in [0.3, 0.4) is 0 Å². The van der Waals surface area contributed by atoms with Crippen molar-refractivity contribution in [2.75, 3.05) is 18.8 Å². The summed E-state index contributed by atoms with van der Waals surface area (Å²) in [5.41, 5.74) is 4.70. The molecule has 0 aliphatic carbocycles. The van der Waals surface area contributed by atoms with Gasteiger partial charge in [-0.3, -0.25) is 19.2 Å². The smallest absolute Gasteiger partial charge is 0.308 e. The number of nitrogens with two attached hydrogens (primary N) is 1. The molecule has 0 rings (SSSR count). The molecule has 2 amide bonds. The maximum Gasteiger partial charge on any atom is 0.308 e. The Labute approximate surface area is 165 Å². The second-order valence-electron chi connectivity index (χ2n) is 7.14. The third-order valence-corrected chi connectivity index (χ3v) is 4.14. The molecule has 0 fully saturated rings. The van der Waals surface area contributed by atoms with E-state index in [1.54, 1.807) is 20.8 Å². The molecule has 0 bridgehead atoms. The molecule has 0 aromatic carbocycles. The number of amides is 2. The average molecular weight is 404 g/mol. The van der Waals surface area contributed by atoms with E-state index in [-0.39, 0.29) is 37.0 Å². The Kier molecular flexibility index (Phi) is 12.7. The summed E-state index contributed by atoms with van der Waals surface area (Å²) >= 11 is 1.27. The first-order valence-electron chi connectivity index (χ1n) is 9.17. The highest BCUT2D eigenvalue weighted by Gasteiger charge is 2.26. The van der Waals surface area contributed by atoms with E-state index >= 15 is 0 Å². The Morgan fingerprint density at radius 2 is 1.78 bits per heavy atom. The molecule has 0 heterocycles. The fourth-order valence-electron chi connectivity index (χ4n) is 2.12. The van der Waals surface area contributed by atoms with E-state index in [1.165, 1.54) is 18.7 Å². The van der Waals surface area contributed by atoms with Gasteiger partial charge in [-0.2, -0.15) is 0 Å². The van der Waals surface area contributed by atoms with Crippen molar-refractivity contribution in [3.8, 4) is 0 Å². The lowest BCUT2D eigenvalue weighted by atomic mass is 10.1. The second kappa shape index (κ2) is 13.5. The van der Waals surface area contributed by atoms with Gasteiger partial charge in [0, 0.05) is 32.2 Å². The number of rotatable bonds is 12. The first-order valence-corrected chi connectivity index (χ1v) is 10.2. The number of thioether (sulfide) groups is 1. The number of unbranched alkanes of at least 4 members (excludes halogenated alkanes) is 2. The monoisotopic (exact) mass is 403 g/mol. The Bertz CT molecular complexity index is 506. The van der Waals surface area contributed by atoms with E-state index < -0.39 is 23.5 Å². The van der Waals surface area contributed by atoms with Crippen LogP contribution in [0.5, 0.6) is 0 Å². The van der Waals surface area contributed by atoms with Crippen LogP contribution in [0.25, 0.3) is 0 Å². The summed E-state index contributed by atoms with van der Waals surface area (Å²) in [5, 5.41) is 5.26. The number of carbonyl (C=O) groups is 4. The minimum absolute atomic E-state index is 0.0845. The molecule has 8 nitrogen and oxygen atoms in total. The van der Waals surface area contributed by atoms with Crippen molar-refractivity contribution < 1.29 is 23.9 Å². The van der Waals surface area contributed by atoms with E-state index in [4.69, 9.17) is 10.5 Å². The predicted molar refractivity (Wildman–Crippen MR) is 106 cm³/mol. The van der Waals surface area contributed by atoms with Crippen LogP contribution in [-0.4, -0.2) is 53.4 Å². The quantitative estimate of drug-likeness (QED) is 0.329. The number of carbonyl (C=O) groups excluding carboxylic acids is 4. The van der Waals surface area contributed by atoms with Gasteiger partial charge in [0.15, 0.2) is 5.12 Å². The zero-order chi connectivity index (χ0) is 20.9. The average Bonchev–Trinajstić information content (AvgIpc) is 2.53. The third-order valence-electron chi connectivity index (χ3n) is 3.24. The van der Waals surface area contributed by atoms with Crippen molar-refractivity contribution in [2.45, 2.75) is 71.4 Å². The van der Waals surface area contributed by atoms with E-state index in [1.807, 2.05) is 0 Å². The summed E-state index contributed by atoms with van der Waals surface area (Å²) in [6.45, 7) is 7.25. The summed E-state index contributed by atoms with van der Waals surface area (Å²) in [6, 6.07) is -0.993. The molecule has 0 saturated heterocycles. The largest absolute Gasteiger partial charge is 0.460 e. The molecule has 0 spiro atoms. The second-order valence-corrected chi connectivity index (χ2v) is 8.41. The number of hydrogen-bond donors (Lipinski definition) is 3. The minimum Gasteiger partial charge on any atom is -0.460 e. The fourth-order valence-corrected chi connectivity index (χ4v) is 2.76. The molecule has 9 heteroatoms. The molecule has 0 radical (unpaired) electrons. The maximum absolute atomic E-state index is 12.2. The fraction of sp³-hybridized carbons (Fsp3) is 0.778. The molecule has 1 atom stereocenters. The Balaban J connectivity index is 4.47. The Morgan fingerprint density at radius 3 is 2.33 bits per heavy atom. The van der Waals surface area contributed by atoms with E-state index in [9.17, 15) is 19.2 Å². The lowest BCUT2D eigenvalue weighted by molar-refractivity contribution is -0.156. The first-order chi connectivity index (χ1) is 12.5. The number of hydrogen-bond acceptors (Lipinski definition) is 7. The molecular weight excluding hydrogens is 370 g/mol. The Hall–Kier alpha value is -1.61. The van der Waals surface area contributed by atoms with Crippen LogP contribution in [0.15, 0.2) is 0 Å². The molecule has 0 aromatic rings. The molecule has 0 aromatic heterocycles. The lowest BCUT2D eigenvalue weighted by Gasteiger charge is -2.22. The van der Waals surface area contributed by atoms with Gasteiger partial charge >= 0.3 is 5.97 Å². The zero-order valence-corrected chi connectivity index (χ0v) is 17.6. The highest BCUT2D eigenvalue weighted by Crippen LogP contribution is 2.11. The summed E-state index contributed by atoms with van der Waals surface area (Å²) in [4.78, 5) is 47.1. The molecule has 0 unspecified atom stereocenters. The van der Waals surface area contributed by atoms with Crippen LogP contribution >= 0.6 is 11.8 Å². The van der Waals surface area contributed by atoms with Crippen LogP contribution in [-0.2, 0) is 23.9 Å². The van der Waals surface area contributed by atoms with Gasteiger partial charge in [-0.15, -0.1) is 0 Å². The number of esters is 1.